The molecule has 4 rings (SSSR count). The lowest BCUT2D eigenvalue weighted by molar-refractivity contribution is -0.00957. The lowest BCUT2D eigenvalue weighted by atomic mass is 9.65. The zero-order valence-electron chi connectivity index (χ0n) is 17.1. The number of benzene rings is 2. The SMILES string of the molecule is CCOC1CCC2CC(c3cc(F)c(-c4ccc(C#N)c(F)c4)c(F)c3)CCC2C1. The maximum atomic E-state index is 14.9. The van der Waals surface area contributed by atoms with Crippen LogP contribution >= 0.6 is 0 Å². The van der Waals surface area contributed by atoms with Gasteiger partial charge >= 0.3 is 0 Å². The molecule has 0 aromatic heterocycles. The summed E-state index contributed by atoms with van der Waals surface area (Å²) < 4.78 is 49.5. The van der Waals surface area contributed by atoms with Gasteiger partial charge in [-0.25, -0.2) is 13.2 Å². The minimum absolute atomic E-state index is 0.103. The zero-order chi connectivity index (χ0) is 21.3. The van der Waals surface area contributed by atoms with Gasteiger partial charge in [-0.15, -0.1) is 0 Å². The normalized spacial score (nSPS) is 26.1. The lowest BCUT2D eigenvalue weighted by Crippen LogP contribution is -2.33. The molecule has 4 atom stereocenters. The second-order valence-corrected chi connectivity index (χ2v) is 8.59. The smallest absolute Gasteiger partial charge is 0.141 e. The molecule has 0 radical (unpaired) electrons. The van der Waals surface area contributed by atoms with Crippen LogP contribution in [0.25, 0.3) is 11.1 Å². The zero-order valence-corrected chi connectivity index (χ0v) is 17.1. The van der Waals surface area contributed by atoms with E-state index in [1.54, 1.807) is 6.07 Å². The standard InChI is InChI=1S/C25H26F3NO/c1-2-30-21-8-7-15-9-16(3-4-17(15)10-21)20-12-23(27)25(24(28)13-20)18-5-6-19(14-29)22(26)11-18/h5-6,11-13,15-17,21H,2-4,7-10H2,1H3. The molecule has 30 heavy (non-hydrogen) atoms. The highest BCUT2D eigenvalue weighted by Crippen LogP contribution is 2.47. The molecule has 0 spiro atoms. The molecule has 158 valence electrons. The fourth-order valence-corrected chi connectivity index (χ4v) is 5.40. The Balaban J connectivity index is 1.53. The highest BCUT2D eigenvalue weighted by atomic mass is 19.1. The van der Waals surface area contributed by atoms with E-state index in [0.29, 0.717) is 23.5 Å². The van der Waals surface area contributed by atoms with Gasteiger partial charge in [0.15, 0.2) is 0 Å². The minimum Gasteiger partial charge on any atom is -0.378 e. The van der Waals surface area contributed by atoms with Crippen molar-refractivity contribution < 1.29 is 17.9 Å². The van der Waals surface area contributed by atoms with Gasteiger partial charge in [-0.05, 0) is 98.6 Å². The molecule has 0 heterocycles. The monoisotopic (exact) mass is 413 g/mol. The van der Waals surface area contributed by atoms with Crippen molar-refractivity contribution >= 4 is 0 Å². The first-order valence-corrected chi connectivity index (χ1v) is 10.8. The van der Waals surface area contributed by atoms with Crippen LogP contribution in [0.15, 0.2) is 30.3 Å². The molecule has 0 aliphatic heterocycles. The number of halogens is 3. The molecule has 0 amide bonds. The van der Waals surface area contributed by atoms with Crippen LogP contribution < -0.4 is 0 Å². The van der Waals surface area contributed by atoms with Gasteiger partial charge < -0.3 is 4.74 Å². The summed E-state index contributed by atoms with van der Waals surface area (Å²) >= 11 is 0. The summed E-state index contributed by atoms with van der Waals surface area (Å²) in [6.45, 7) is 2.78. The van der Waals surface area contributed by atoms with Crippen LogP contribution in [0.3, 0.4) is 0 Å². The first-order valence-electron chi connectivity index (χ1n) is 10.8. The summed E-state index contributed by atoms with van der Waals surface area (Å²) in [7, 11) is 0. The molecule has 2 saturated carbocycles. The van der Waals surface area contributed by atoms with Crippen molar-refractivity contribution in [2.24, 2.45) is 11.8 Å². The highest BCUT2D eigenvalue weighted by molar-refractivity contribution is 5.66. The van der Waals surface area contributed by atoms with Crippen molar-refractivity contribution in [3.8, 4) is 17.2 Å². The molecule has 4 unspecified atom stereocenters. The van der Waals surface area contributed by atoms with Crippen LogP contribution in [0.1, 0.15) is 62.5 Å². The number of hydrogen-bond donors (Lipinski definition) is 0. The van der Waals surface area contributed by atoms with Gasteiger partial charge in [0, 0.05) is 6.61 Å². The predicted molar refractivity (Wildman–Crippen MR) is 109 cm³/mol. The minimum atomic E-state index is -0.779. The van der Waals surface area contributed by atoms with Gasteiger partial charge in [0.2, 0.25) is 0 Å². The van der Waals surface area contributed by atoms with E-state index in [4.69, 9.17) is 10.00 Å². The summed E-state index contributed by atoms with van der Waals surface area (Å²) in [5, 5.41) is 8.85. The van der Waals surface area contributed by atoms with E-state index in [1.165, 1.54) is 24.3 Å². The Morgan fingerprint density at radius 2 is 1.63 bits per heavy atom. The topological polar surface area (TPSA) is 33.0 Å². The second-order valence-electron chi connectivity index (χ2n) is 8.59. The summed E-state index contributed by atoms with van der Waals surface area (Å²) in [6, 6.07) is 8.18. The van der Waals surface area contributed by atoms with Crippen molar-refractivity contribution in [2.75, 3.05) is 6.61 Å². The Morgan fingerprint density at radius 1 is 0.933 bits per heavy atom. The second kappa shape index (κ2) is 8.81. The average Bonchev–Trinajstić information content (AvgIpc) is 2.73. The maximum Gasteiger partial charge on any atom is 0.141 e. The average molecular weight is 413 g/mol. The Bertz CT molecular complexity index is 944. The molecule has 0 saturated heterocycles. The number of hydrogen-bond acceptors (Lipinski definition) is 2. The largest absolute Gasteiger partial charge is 0.378 e. The quantitative estimate of drug-likeness (QED) is 0.557. The fourth-order valence-electron chi connectivity index (χ4n) is 5.40. The highest BCUT2D eigenvalue weighted by Gasteiger charge is 2.36. The van der Waals surface area contributed by atoms with Crippen LogP contribution in [0, 0.1) is 40.6 Å². The van der Waals surface area contributed by atoms with Crippen molar-refractivity contribution in [3.05, 3.63) is 58.9 Å². The molecule has 2 aliphatic carbocycles. The molecule has 0 N–H and O–H groups in total. The summed E-state index contributed by atoms with van der Waals surface area (Å²) in [5.41, 5.74) is 0.402. The Morgan fingerprint density at radius 3 is 2.30 bits per heavy atom. The predicted octanol–water partition coefficient (Wildman–Crippen LogP) is 6.73. The molecule has 2 fully saturated rings. The van der Waals surface area contributed by atoms with Crippen LogP contribution in [-0.2, 0) is 4.74 Å². The molecule has 5 heteroatoms. The molecule has 0 bridgehead atoms. The number of rotatable bonds is 4. The molecular weight excluding hydrogens is 387 g/mol. The van der Waals surface area contributed by atoms with Crippen LogP contribution in [-0.4, -0.2) is 12.7 Å². The van der Waals surface area contributed by atoms with Crippen molar-refractivity contribution in [2.45, 2.75) is 57.5 Å². The van der Waals surface area contributed by atoms with Gasteiger partial charge in [0.05, 0.1) is 17.2 Å². The summed E-state index contributed by atoms with van der Waals surface area (Å²) in [5.74, 6) is -0.780. The van der Waals surface area contributed by atoms with Crippen molar-refractivity contribution in [1.29, 1.82) is 5.26 Å². The molecule has 2 aromatic rings. The number of nitrogens with zero attached hydrogens (tertiary/aromatic N) is 1. The van der Waals surface area contributed by atoms with E-state index in [-0.39, 0.29) is 22.6 Å². The van der Waals surface area contributed by atoms with Gasteiger partial charge in [-0.3, -0.25) is 0 Å². The van der Waals surface area contributed by atoms with Gasteiger partial charge in [-0.2, -0.15) is 5.26 Å². The van der Waals surface area contributed by atoms with Gasteiger partial charge in [-0.1, -0.05) is 6.07 Å². The summed E-state index contributed by atoms with van der Waals surface area (Å²) in [6.07, 6.45) is 6.56. The number of ether oxygens (including phenoxy) is 1. The lowest BCUT2D eigenvalue weighted by Gasteiger charge is -2.42. The third-order valence-electron chi connectivity index (χ3n) is 6.88. The van der Waals surface area contributed by atoms with E-state index in [0.717, 1.165) is 51.2 Å². The van der Waals surface area contributed by atoms with Crippen LogP contribution in [0.5, 0.6) is 0 Å². The Hall–Kier alpha value is -2.32. The fraction of sp³-hybridized carbons (Fsp3) is 0.480. The first kappa shape index (κ1) is 20.9. The van der Waals surface area contributed by atoms with E-state index in [2.05, 4.69) is 0 Å². The maximum absolute atomic E-state index is 14.9. The summed E-state index contributed by atoms with van der Waals surface area (Å²) in [4.78, 5) is 0. The Kier molecular flexibility index (Phi) is 6.15. The number of nitriles is 1. The third kappa shape index (κ3) is 4.11. The van der Waals surface area contributed by atoms with Gasteiger partial charge in [0.1, 0.15) is 23.5 Å². The van der Waals surface area contributed by atoms with E-state index in [1.807, 2.05) is 6.92 Å². The van der Waals surface area contributed by atoms with Gasteiger partial charge in [0.25, 0.3) is 0 Å². The van der Waals surface area contributed by atoms with E-state index < -0.39 is 17.5 Å². The van der Waals surface area contributed by atoms with Crippen LogP contribution in [0.2, 0.25) is 0 Å². The van der Waals surface area contributed by atoms with Crippen molar-refractivity contribution in [1.82, 2.24) is 0 Å². The van der Waals surface area contributed by atoms with E-state index in [9.17, 15) is 13.2 Å². The number of fused-ring (bicyclic) bond motifs is 1. The third-order valence-corrected chi connectivity index (χ3v) is 6.88. The van der Waals surface area contributed by atoms with Crippen molar-refractivity contribution in [3.63, 3.8) is 0 Å². The van der Waals surface area contributed by atoms with E-state index >= 15 is 0 Å². The molecular formula is C25H26F3NO. The molecule has 2 nitrogen and oxygen atoms in total. The molecule has 2 aliphatic rings. The van der Waals surface area contributed by atoms with Crippen LogP contribution in [0.4, 0.5) is 13.2 Å². The molecule has 2 aromatic carbocycles. The Labute approximate surface area is 175 Å². The first-order chi connectivity index (χ1) is 14.5.